The van der Waals surface area contributed by atoms with Gasteiger partial charge in [-0.25, -0.2) is 4.79 Å². The molecule has 1 unspecified atom stereocenters. The van der Waals surface area contributed by atoms with Crippen LogP contribution >= 0.6 is 7.37 Å². The van der Waals surface area contributed by atoms with Crippen molar-refractivity contribution >= 4 is 25.3 Å². The van der Waals surface area contributed by atoms with Crippen LogP contribution in [0, 0.1) is 5.41 Å². The summed E-state index contributed by atoms with van der Waals surface area (Å²) in [5.41, 5.74) is -0.648. The number of carbonyl (C=O) groups excluding carboxylic acids is 2. The van der Waals surface area contributed by atoms with Crippen molar-refractivity contribution in [3.8, 4) is 0 Å². The quantitative estimate of drug-likeness (QED) is 0.570. The van der Waals surface area contributed by atoms with Crippen LogP contribution in [0.3, 0.4) is 0 Å². The Morgan fingerprint density at radius 3 is 2.34 bits per heavy atom. The number of benzene rings is 1. The number of likely N-dealkylation sites (tertiary alicyclic amines) is 1. The van der Waals surface area contributed by atoms with E-state index >= 15 is 0 Å². The zero-order chi connectivity index (χ0) is 21.7. The van der Waals surface area contributed by atoms with Crippen LogP contribution in [0.5, 0.6) is 0 Å². The minimum Gasteiger partial charge on any atom is -0.481 e. The summed E-state index contributed by atoms with van der Waals surface area (Å²) in [6.07, 6.45) is -1.18. The Bertz CT molecular complexity index is 791. The average molecular weight is 426 g/mol. The summed E-state index contributed by atoms with van der Waals surface area (Å²) in [4.78, 5) is 47.3. The molecule has 3 N–H and O–H groups in total. The van der Waals surface area contributed by atoms with Gasteiger partial charge in [0.25, 0.3) is 0 Å². The predicted octanol–water partition coefficient (Wildman–Crippen LogP) is 2.24. The number of hydrogen-bond donors (Lipinski definition) is 3. The Balaban J connectivity index is 1.96. The van der Waals surface area contributed by atoms with Crippen molar-refractivity contribution in [2.24, 2.45) is 5.41 Å². The fourth-order valence-electron chi connectivity index (χ4n) is 3.30. The first-order valence-electron chi connectivity index (χ1n) is 9.33. The van der Waals surface area contributed by atoms with Gasteiger partial charge in [-0.1, -0.05) is 30.3 Å². The fraction of sp³-hybridized carbons (Fsp3) is 0.526. The van der Waals surface area contributed by atoms with Crippen molar-refractivity contribution in [2.45, 2.75) is 39.1 Å². The molecule has 0 bridgehead atoms. The molecule has 1 aromatic carbocycles. The molecule has 2 amide bonds. The molecular formula is C19H27N2O7P. The largest absolute Gasteiger partial charge is 0.481 e. The van der Waals surface area contributed by atoms with Crippen molar-refractivity contribution in [3.05, 3.63) is 35.9 Å². The van der Waals surface area contributed by atoms with Crippen LogP contribution in [-0.4, -0.2) is 57.9 Å². The smallest absolute Gasteiger partial charge is 0.408 e. The standard InChI is InChI=1S/C19H27N2O7P/c1-14(20-18(25)28-12-16-6-4-3-5-7-16)29(26,27)13-19(17(23)24)8-10-21(11-9-19)15(2)22/h3-7,14H,8-13H2,1-2H3,(H,20,25)(H,23,24)(H,26,27)/t14-/m1/s1. The number of hydrogen-bond acceptors (Lipinski definition) is 5. The maximum Gasteiger partial charge on any atom is 0.408 e. The maximum absolute atomic E-state index is 12.9. The highest BCUT2D eigenvalue weighted by Crippen LogP contribution is 2.52. The lowest BCUT2D eigenvalue weighted by Gasteiger charge is -2.40. The molecule has 0 radical (unpaired) electrons. The number of carbonyl (C=O) groups is 3. The minimum atomic E-state index is -4.06. The molecule has 2 rings (SSSR count). The number of piperidine rings is 1. The topological polar surface area (TPSA) is 133 Å². The normalized spacial score (nSPS) is 18.9. The van der Waals surface area contributed by atoms with E-state index in [4.69, 9.17) is 4.74 Å². The molecule has 1 saturated heterocycles. The van der Waals surface area contributed by atoms with Crippen molar-refractivity contribution in [3.63, 3.8) is 0 Å². The molecule has 10 heteroatoms. The van der Waals surface area contributed by atoms with E-state index in [1.807, 2.05) is 6.07 Å². The highest BCUT2D eigenvalue weighted by atomic mass is 31.2. The molecule has 2 atom stereocenters. The van der Waals surface area contributed by atoms with Crippen LogP contribution in [0.15, 0.2) is 30.3 Å². The Morgan fingerprint density at radius 2 is 1.83 bits per heavy atom. The summed E-state index contributed by atoms with van der Waals surface area (Å²) >= 11 is 0. The molecule has 1 aliphatic rings. The van der Waals surface area contributed by atoms with Crippen LogP contribution in [0.4, 0.5) is 4.79 Å². The lowest BCUT2D eigenvalue weighted by atomic mass is 9.80. The highest BCUT2D eigenvalue weighted by Gasteiger charge is 2.48. The van der Waals surface area contributed by atoms with E-state index in [-0.39, 0.29) is 38.4 Å². The predicted molar refractivity (Wildman–Crippen MR) is 105 cm³/mol. The minimum absolute atomic E-state index is 0.00900. The van der Waals surface area contributed by atoms with Crippen molar-refractivity contribution < 1.29 is 33.7 Å². The summed E-state index contributed by atoms with van der Waals surface area (Å²) in [6.45, 7) is 3.18. The first-order valence-corrected chi connectivity index (χ1v) is 11.2. The van der Waals surface area contributed by atoms with E-state index < -0.39 is 36.8 Å². The third kappa shape index (κ3) is 6.05. The number of alkyl carbamates (subject to hydrolysis) is 1. The van der Waals surface area contributed by atoms with E-state index in [0.29, 0.717) is 0 Å². The first-order chi connectivity index (χ1) is 13.6. The molecule has 1 aliphatic heterocycles. The van der Waals surface area contributed by atoms with Crippen molar-refractivity contribution in [1.29, 1.82) is 0 Å². The van der Waals surface area contributed by atoms with Gasteiger partial charge in [0.2, 0.25) is 13.3 Å². The van der Waals surface area contributed by atoms with Crippen LogP contribution in [0.1, 0.15) is 32.3 Å². The van der Waals surface area contributed by atoms with Crippen molar-refractivity contribution in [1.82, 2.24) is 10.2 Å². The number of amides is 2. The number of ether oxygens (including phenoxy) is 1. The Kier molecular flexibility index (Phi) is 7.43. The molecule has 160 valence electrons. The third-order valence-electron chi connectivity index (χ3n) is 5.29. The summed E-state index contributed by atoms with van der Waals surface area (Å²) in [5.74, 6) is -2.51. The number of nitrogens with zero attached hydrogens (tertiary/aromatic N) is 1. The van der Waals surface area contributed by atoms with Gasteiger partial charge in [-0.2, -0.15) is 0 Å². The van der Waals surface area contributed by atoms with Crippen LogP contribution in [0.2, 0.25) is 0 Å². The van der Waals surface area contributed by atoms with E-state index in [0.717, 1.165) is 5.56 Å². The zero-order valence-electron chi connectivity index (χ0n) is 16.5. The van der Waals surface area contributed by atoms with Gasteiger partial charge in [0.15, 0.2) is 0 Å². The molecule has 29 heavy (non-hydrogen) atoms. The molecule has 1 fully saturated rings. The molecule has 0 aromatic heterocycles. The Labute approximate surface area is 169 Å². The van der Waals surface area contributed by atoms with E-state index in [2.05, 4.69) is 5.32 Å². The number of carboxylic acid groups (broad SMARTS) is 1. The SMILES string of the molecule is CC(=O)N1CCC(CP(=O)(O)[C@H](C)NC(=O)OCc2ccccc2)(C(=O)O)CC1. The number of aliphatic carboxylic acids is 1. The van der Waals surface area contributed by atoms with E-state index in [1.165, 1.54) is 18.7 Å². The van der Waals surface area contributed by atoms with Gasteiger partial charge in [0.05, 0.1) is 5.41 Å². The molecular weight excluding hydrogens is 399 g/mol. The van der Waals surface area contributed by atoms with Crippen LogP contribution in [-0.2, 0) is 25.5 Å². The van der Waals surface area contributed by atoms with Gasteiger partial charge in [0, 0.05) is 26.2 Å². The lowest BCUT2D eigenvalue weighted by Crippen LogP contribution is -2.48. The zero-order valence-corrected chi connectivity index (χ0v) is 17.4. The Morgan fingerprint density at radius 1 is 1.24 bits per heavy atom. The van der Waals surface area contributed by atoms with Crippen LogP contribution in [0.25, 0.3) is 0 Å². The number of rotatable bonds is 7. The molecule has 1 aromatic rings. The van der Waals surface area contributed by atoms with Gasteiger partial charge in [-0.05, 0) is 25.3 Å². The second-order valence-electron chi connectivity index (χ2n) is 7.39. The van der Waals surface area contributed by atoms with Gasteiger partial charge in [0.1, 0.15) is 12.4 Å². The summed E-state index contributed by atoms with van der Waals surface area (Å²) in [5, 5.41) is 12.0. The van der Waals surface area contributed by atoms with Crippen molar-refractivity contribution in [2.75, 3.05) is 19.3 Å². The molecule has 0 spiro atoms. The van der Waals surface area contributed by atoms with Gasteiger partial charge >= 0.3 is 12.1 Å². The molecule has 9 nitrogen and oxygen atoms in total. The average Bonchev–Trinajstić information content (AvgIpc) is 2.67. The summed E-state index contributed by atoms with van der Waals surface area (Å²) in [7, 11) is -4.06. The fourth-order valence-corrected chi connectivity index (χ4v) is 5.20. The van der Waals surface area contributed by atoms with Crippen LogP contribution < -0.4 is 5.32 Å². The van der Waals surface area contributed by atoms with E-state index in [1.54, 1.807) is 24.3 Å². The molecule has 1 heterocycles. The molecule has 0 saturated carbocycles. The summed E-state index contributed by atoms with van der Waals surface area (Å²) < 4.78 is 17.9. The Hall–Kier alpha value is -2.38. The second-order valence-corrected chi connectivity index (χ2v) is 9.99. The van der Waals surface area contributed by atoms with Gasteiger partial charge in [-0.15, -0.1) is 0 Å². The third-order valence-corrected chi connectivity index (χ3v) is 7.69. The molecule has 0 aliphatic carbocycles. The maximum atomic E-state index is 12.9. The first kappa shape index (κ1) is 22.9. The van der Waals surface area contributed by atoms with Gasteiger partial charge in [-0.3, -0.25) is 14.2 Å². The number of nitrogens with one attached hydrogen (secondary N) is 1. The second kappa shape index (κ2) is 9.41. The van der Waals surface area contributed by atoms with E-state index in [9.17, 15) is 28.9 Å². The highest BCUT2D eigenvalue weighted by molar-refractivity contribution is 7.58. The monoisotopic (exact) mass is 426 g/mol. The lowest BCUT2D eigenvalue weighted by molar-refractivity contribution is -0.152. The van der Waals surface area contributed by atoms with Gasteiger partial charge < -0.3 is 25.0 Å². The summed E-state index contributed by atoms with van der Waals surface area (Å²) in [6, 6.07) is 8.97. The number of carboxylic acids is 1.